The van der Waals surface area contributed by atoms with Gasteiger partial charge in [-0.05, 0) is 23.6 Å². The molecule has 0 aliphatic carbocycles. The molecule has 8 heteroatoms. The zero-order valence-corrected chi connectivity index (χ0v) is 14.1. The molecule has 2 aromatic carbocycles. The number of aliphatic hydroxyl groups excluding tert-OH is 1. The van der Waals surface area contributed by atoms with Gasteiger partial charge in [0.25, 0.3) is 15.9 Å². The minimum Gasteiger partial charge on any atom is -0.505 e. The van der Waals surface area contributed by atoms with Gasteiger partial charge >= 0.3 is 0 Å². The maximum Gasteiger partial charge on any atom is 0.276 e. The summed E-state index contributed by atoms with van der Waals surface area (Å²) in [6.45, 7) is 0. The molecule has 0 atom stereocenters. The maximum atomic E-state index is 12.8. The van der Waals surface area contributed by atoms with E-state index in [9.17, 15) is 18.3 Å². The molecule has 3 N–H and O–H groups in total. The van der Waals surface area contributed by atoms with E-state index >= 15 is 0 Å². The predicted molar refractivity (Wildman–Crippen MR) is 96.7 cm³/mol. The van der Waals surface area contributed by atoms with Crippen LogP contribution in [0.3, 0.4) is 0 Å². The first kappa shape index (κ1) is 16.1. The Bertz CT molecular complexity index is 1170. The minimum atomic E-state index is -4.03. The van der Waals surface area contributed by atoms with Crippen molar-refractivity contribution in [3.63, 3.8) is 0 Å². The van der Waals surface area contributed by atoms with Gasteiger partial charge in [0.15, 0.2) is 11.5 Å². The highest BCUT2D eigenvalue weighted by atomic mass is 32.2. The molecular formula is C18H13N3O4S. The number of hydrogen-bond acceptors (Lipinski definition) is 5. The molecule has 0 spiro atoms. The number of aliphatic hydroxyl groups is 1. The smallest absolute Gasteiger partial charge is 0.276 e. The molecule has 2 heterocycles. The lowest BCUT2D eigenvalue weighted by Gasteiger charge is -2.22. The fraction of sp³-hybridized carbons (Fsp3) is 0. The second kappa shape index (κ2) is 5.85. The molecule has 1 aliphatic rings. The maximum absolute atomic E-state index is 12.8. The summed E-state index contributed by atoms with van der Waals surface area (Å²) in [5.41, 5.74) is 0.0840. The lowest BCUT2D eigenvalue weighted by Crippen LogP contribution is -2.35. The van der Waals surface area contributed by atoms with Crippen molar-refractivity contribution in [2.24, 2.45) is 0 Å². The van der Waals surface area contributed by atoms with Crippen molar-refractivity contribution < 1.29 is 18.3 Å². The standard InChI is InChI=1S/C18H13N3O4S/c22-16-14-6-5-11-3-1-2-4-13(11)17(14)26(24,25)21-15(16)18(23)20-12-7-9-19-10-8-12/h1-10,21-22H,(H,19,20,23). The molecule has 0 saturated carbocycles. The highest BCUT2D eigenvalue weighted by Crippen LogP contribution is 2.35. The molecule has 1 aromatic heterocycles. The van der Waals surface area contributed by atoms with Gasteiger partial charge in [0.2, 0.25) is 0 Å². The Balaban J connectivity index is 1.86. The van der Waals surface area contributed by atoms with Gasteiger partial charge < -0.3 is 10.4 Å². The monoisotopic (exact) mass is 367 g/mol. The van der Waals surface area contributed by atoms with E-state index < -0.39 is 27.4 Å². The van der Waals surface area contributed by atoms with E-state index in [1.807, 2.05) is 0 Å². The third-order valence-electron chi connectivity index (χ3n) is 4.04. The molecule has 0 radical (unpaired) electrons. The number of carbonyl (C=O) groups excluding carboxylic acids is 1. The van der Waals surface area contributed by atoms with Crippen LogP contribution in [0.5, 0.6) is 0 Å². The SMILES string of the molecule is O=C(Nc1ccncc1)C1=C(O)c2ccc3ccccc3c2S(=O)(=O)N1. The number of rotatable bonds is 2. The highest BCUT2D eigenvalue weighted by Gasteiger charge is 2.34. The van der Waals surface area contributed by atoms with Crippen LogP contribution in [0.2, 0.25) is 0 Å². The molecule has 130 valence electrons. The molecular weight excluding hydrogens is 354 g/mol. The van der Waals surface area contributed by atoms with Gasteiger partial charge in [-0.15, -0.1) is 0 Å². The summed E-state index contributed by atoms with van der Waals surface area (Å²) in [6, 6.07) is 13.2. The molecule has 4 rings (SSSR count). The second-order valence-electron chi connectivity index (χ2n) is 5.68. The molecule has 0 unspecified atom stereocenters. The molecule has 26 heavy (non-hydrogen) atoms. The summed E-state index contributed by atoms with van der Waals surface area (Å²) in [6.07, 6.45) is 2.96. The average Bonchev–Trinajstić information content (AvgIpc) is 2.64. The Labute approximate surface area is 149 Å². The number of sulfonamides is 1. The Hall–Kier alpha value is -3.39. The van der Waals surface area contributed by atoms with Gasteiger partial charge in [0.1, 0.15) is 4.90 Å². The number of nitrogens with zero attached hydrogens (tertiary/aromatic N) is 1. The molecule has 0 bridgehead atoms. The lowest BCUT2D eigenvalue weighted by atomic mass is 10.0. The van der Waals surface area contributed by atoms with Crippen molar-refractivity contribution in [1.82, 2.24) is 9.71 Å². The number of pyridine rings is 1. The fourth-order valence-electron chi connectivity index (χ4n) is 2.87. The van der Waals surface area contributed by atoms with Crippen LogP contribution < -0.4 is 10.0 Å². The van der Waals surface area contributed by atoms with E-state index in [4.69, 9.17) is 0 Å². The van der Waals surface area contributed by atoms with Crippen molar-refractivity contribution in [2.75, 3.05) is 5.32 Å². The van der Waals surface area contributed by atoms with Gasteiger partial charge in [-0.1, -0.05) is 30.3 Å². The van der Waals surface area contributed by atoms with Crippen LogP contribution in [0.1, 0.15) is 5.56 Å². The van der Waals surface area contributed by atoms with Gasteiger partial charge in [-0.3, -0.25) is 14.5 Å². The van der Waals surface area contributed by atoms with Gasteiger partial charge in [0, 0.05) is 29.0 Å². The Morgan fingerprint density at radius 3 is 2.54 bits per heavy atom. The van der Waals surface area contributed by atoms with Crippen LogP contribution in [0.4, 0.5) is 5.69 Å². The first-order chi connectivity index (χ1) is 12.5. The van der Waals surface area contributed by atoms with E-state index in [0.717, 1.165) is 0 Å². The summed E-state index contributed by atoms with van der Waals surface area (Å²) in [5.74, 6) is -1.19. The van der Waals surface area contributed by atoms with E-state index in [1.165, 1.54) is 18.5 Å². The molecule has 7 nitrogen and oxygen atoms in total. The van der Waals surface area contributed by atoms with E-state index in [-0.39, 0.29) is 10.5 Å². The number of carbonyl (C=O) groups is 1. The zero-order valence-electron chi connectivity index (χ0n) is 13.3. The number of nitrogens with one attached hydrogen (secondary N) is 2. The van der Waals surface area contributed by atoms with Crippen LogP contribution in [-0.2, 0) is 14.8 Å². The minimum absolute atomic E-state index is 0.0476. The van der Waals surface area contributed by atoms with Crippen LogP contribution in [0, 0.1) is 0 Å². The van der Waals surface area contributed by atoms with Crippen molar-refractivity contribution in [3.8, 4) is 0 Å². The largest absolute Gasteiger partial charge is 0.505 e. The normalized spacial score (nSPS) is 15.2. The molecule has 3 aromatic rings. The van der Waals surface area contributed by atoms with Crippen LogP contribution in [0.25, 0.3) is 16.5 Å². The summed E-state index contributed by atoms with van der Waals surface area (Å²) < 4.78 is 27.7. The first-order valence-electron chi connectivity index (χ1n) is 7.67. The number of aromatic nitrogens is 1. The van der Waals surface area contributed by atoms with Crippen molar-refractivity contribution >= 4 is 38.1 Å². The number of hydrogen-bond donors (Lipinski definition) is 3. The first-order valence-corrected chi connectivity index (χ1v) is 9.15. The second-order valence-corrected chi connectivity index (χ2v) is 7.30. The number of benzene rings is 2. The van der Waals surface area contributed by atoms with Crippen molar-refractivity contribution in [1.29, 1.82) is 0 Å². The number of fused-ring (bicyclic) bond motifs is 3. The van der Waals surface area contributed by atoms with E-state index in [1.54, 1.807) is 42.5 Å². The zero-order chi connectivity index (χ0) is 18.3. The van der Waals surface area contributed by atoms with Crippen molar-refractivity contribution in [3.05, 3.63) is 72.2 Å². The molecule has 1 aliphatic heterocycles. The van der Waals surface area contributed by atoms with Crippen LogP contribution in [-0.4, -0.2) is 24.4 Å². The third kappa shape index (κ3) is 2.56. The van der Waals surface area contributed by atoms with Gasteiger partial charge in [0.05, 0.1) is 0 Å². The van der Waals surface area contributed by atoms with Crippen molar-refractivity contribution in [2.45, 2.75) is 4.90 Å². The lowest BCUT2D eigenvalue weighted by molar-refractivity contribution is -0.113. The van der Waals surface area contributed by atoms with Crippen LogP contribution >= 0.6 is 0 Å². The third-order valence-corrected chi connectivity index (χ3v) is 5.49. The Morgan fingerprint density at radius 2 is 1.77 bits per heavy atom. The van der Waals surface area contributed by atoms with Crippen LogP contribution in [0.15, 0.2) is 71.5 Å². The average molecular weight is 367 g/mol. The summed E-state index contributed by atoms with van der Waals surface area (Å²) >= 11 is 0. The van der Waals surface area contributed by atoms with Gasteiger partial charge in [-0.2, -0.15) is 0 Å². The fourth-order valence-corrected chi connectivity index (χ4v) is 4.36. The molecule has 0 fully saturated rings. The molecule has 0 saturated heterocycles. The van der Waals surface area contributed by atoms with E-state index in [2.05, 4.69) is 15.0 Å². The summed E-state index contributed by atoms with van der Waals surface area (Å²) in [5, 5.41) is 14.3. The van der Waals surface area contributed by atoms with Gasteiger partial charge in [-0.25, -0.2) is 8.42 Å². The Morgan fingerprint density at radius 1 is 1.04 bits per heavy atom. The number of anilines is 1. The number of amides is 1. The topological polar surface area (TPSA) is 108 Å². The summed E-state index contributed by atoms with van der Waals surface area (Å²) in [4.78, 5) is 16.3. The Kier molecular flexibility index (Phi) is 3.62. The van der Waals surface area contributed by atoms with E-state index in [0.29, 0.717) is 16.5 Å². The molecule has 1 amide bonds. The predicted octanol–water partition coefficient (Wildman–Crippen LogP) is 2.39. The highest BCUT2D eigenvalue weighted by molar-refractivity contribution is 7.90. The quantitative estimate of drug-likeness (QED) is 0.644. The summed E-state index contributed by atoms with van der Waals surface area (Å²) in [7, 11) is -4.03.